The third-order valence-corrected chi connectivity index (χ3v) is 5.72. The zero-order valence-corrected chi connectivity index (χ0v) is 17.0. The molecule has 0 bridgehead atoms. The smallest absolute Gasteiger partial charge is 0.243 e. The maximum absolute atomic E-state index is 12.5. The van der Waals surface area contributed by atoms with Gasteiger partial charge in [-0.2, -0.15) is 0 Å². The van der Waals surface area contributed by atoms with E-state index in [1.54, 1.807) is 25.2 Å². The molecular formula is C17H18BrClN2O3S. The van der Waals surface area contributed by atoms with Crippen LogP contribution < -0.4 is 4.31 Å². The first kappa shape index (κ1) is 19.8. The van der Waals surface area contributed by atoms with Crippen LogP contribution >= 0.6 is 27.5 Å². The van der Waals surface area contributed by atoms with Crippen molar-refractivity contribution in [2.24, 2.45) is 0 Å². The van der Waals surface area contributed by atoms with Crippen molar-refractivity contribution in [1.29, 1.82) is 0 Å². The van der Waals surface area contributed by atoms with E-state index < -0.39 is 10.0 Å². The summed E-state index contributed by atoms with van der Waals surface area (Å²) in [5.74, 6) is -0.318. The highest BCUT2D eigenvalue weighted by Crippen LogP contribution is 2.22. The fourth-order valence-corrected chi connectivity index (χ4v) is 3.68. The number of nitrogens with zero attached hydrogens (tertiary/aromatic N) is 2. The first-order valence-electron chi connectivity index (χ1n) is 7.39. The number of likely N-dealkylation sites (N-methyl/N-ethyl adjacent to an activating group) is 1. The van der Waals surface area contributed by atoms with Gasteiger partial charge in [-0.05, 0) is 29.8 Å². The van der Waals surface area contributed by atoms with Crippen molar-refractivity contribution in [1.82, 2.24) is 4.90 Å². The van der Waals surface area contributed by atoms with Gasteiger partial charge in [-0.15, -0.1) is 0 Å². The highest BCUT2D eigenvalue weighted by Gasteiger charge is 2.23. The summed E-state index contributed by atoms with van der Waals surface area (Å²) in [5, 5.41) is 0.403. The Morgan fingerprint density at radius 3 is 2.44 bits per heavy atom. The molecule has 0 aliphatic rings. The van der Waals surface area contributed by atoms with Gasteiger partial charge < -0.3 is 4.90 Å². The molecule has 1 amide bonds. The quantitative estimate of drug-likeness (QED) is 0.683. The van der Waals surface area contributed by atoms with Crippen LogP contribution in [-0.2, 0) is 21.4 Å². The zero-order valence-electron chi connectivity index (χ0n) is 13.8. The van der Waals surface area contributed by atoms with Crippen molar-refractivity contribution in [3.05, 3.63) is 63.6 Å². The summed E-state index contributed by atoms with van der Waals surface area (Å²) in [4.78, 5) is 14.0. The molecule has 0 saturated heterocycles. The summed E-state index contributed by atoms with van der Waals surface area (Å²) < 4.78 is 26.2. The molecule has 0 fully saturated rings. The molecule has 0 unspecified atom stereocenters. The summed E-state index contributed by atoms with van der Waals surface area (Å²) in [6.45, 7) is 0.0769. The van der Waals surface area contributed by atoms with Gasteiger partial charge in [-0.25, -0.2) is 8.42 Å². The van der Waals surface area contributed by atoms with Crippen LogP contribution in [-0.4, -0.2) is 39.1 Å². The number of anilines is 1. The lowest BCUT2D eigenvalue weighted by atomic mass is 10.2. The summed E-state index contributed by atoms with van der Waals surface area (Å²) in [6, 6.07) is 14.0. The third-order valence-electron chi connectivity index (χ3n) is 3.57. The number of carbonyl (C=O) groups excluding carboxylic acids is 1. The van der Waals surface area contributed by atoms with Gasteiger partial charge in [0.25, 0.3) is 0 Å². The maximum atomic E-state index is 12.5. The molecular weight excluding hydrogens is 428 g/mol. The molecule has 25 heavy (non-hydrogen) atoms. The Labute approximate surface area is 161 Å². The van der Waals surface area contributed by atoms with Crippen LogP contribution in [0.3, 0.4) is 0 Å². The van der Waals surface area contributed by atoms with Crippen LogP contribution in [0, 0.1) is 0 Å². The molecule has 0 aromatic heterocycles. The standard InChI is InChI=1S/C17H18BrClN2O3S/c1-20(11-13-6-3-4-9-16(13)18)17(22)12-21(25(2,23)24)15-8-5-7-14(19)10-15/h3-10H,11-12H2,1-2H3. The van der Waals surface area contributed by atoms with Crippen molar-refractivity contribution in [3.63, 3.8) is 0 Å². The molecule has 0 heterocycles. The van der Waals surface area contributed by atoms with Crippen LogP contribution in [0.2, 0.25) is 5.02 Å². The van der Waals surface area contributed by atoms with Crippen LogP contribution in [0.15, 0.2) is 53.0 Å². The minimum atomic E-state index is -3.63. The van der Waals surface area contributed by atoms with E-state index in [0.29, 0.717) is 17.3 Å². The minimum Gasteiger partial charge on any atom is -0.340 e. The first-order valence-corrected chi connectivity index (χ1v) is 10.4. The number of benzene rings is 2. The average Bonchev–Trinajstić information content (AvgIpc) is 2.53. The molecule has 2 aromatic rings. The molecule has 0 saturated carbocycles. The molecule has 0 radical (unpaired) electrons. The Bertz CT molecular complexity index is 874. The van der Waals surface area contributed by atoms with Crippen molar-refractivity contribution >= 4 is 49.1 Å². The van der Waals surface area contributed by atoms with Gasteiger partial charge in [0, 0.05) is 23.1 Å². The van der Waals surface area contributed by atoms with E-state index in [4.69, 9.17) is 11.6 Å². The second-order valence-corrected chi connectivity index (χ2v) is 8.79. The Balaban J connectivity index is 2.18. The summed E-state index contributed by atoms with van der Waals surface area (Å²) in [6.07, 6.45) is 1.06. The van der Waals surface area contributed by atoms with E-state index in [0.717, 1.165) is 20.6 Å². The largest absolute Gasteiger partial charge is 0.340 e. The zero-order chi connectivity index (χ0) is 18.6. The predicted molar refractivity (Wildman–Crippen MR) is 104 cm³/mol. The van der Waals surface area contributed by atoms with E-state index >= 15 is 0 Å². The Morgan fingerprint density at radius 2 is 1.84 bits per heavy atom. The molecule has 2 rings (SSSR count). The van der Waals surface area contributed by atoms with Gasteiger partial charge in [-0.1, -0.05) is 51.8 Å². The Kier molecular flexibility index (Phi) is 6.48. The number of rotatable bonds is 6. The molecule has 0 spiro atoms. The van der Waals surface area contributed by atoms with Gasteiger partial charge in [-0.3, -0.25) is 9.10 Å². The van der Waals surface area contributed by atoms with Crippen molar-refractivity contribution in [2.45, 2.75) is 6.54 Å². The topological polar surface area (TPSA) is 57.7 Å². The van der Waals surface area contributed by atoms with Crippen molar-refractivity contribution in [2.75, 3.05) is 24.2 Å². The molecule has 0 aliphatic heterocycles. The summed E-state index contributed by atoms with van der Waals surface area (Å²) in [7, 11) is -1.99. The predicted octanol–water partition coefficient (Wildman–Crippen LogP) is 3.53. The number of hydrogen-bond acceptors (Lipinski definition) is 3. The van der Waals surface area contributed by atoms with E-state index in [-0.39, 0.29) is 12.5 Å². The van der Waals surface area contributed by atoms with Crippen LogP contribution in [0.25, 0.3) is 0 Å². The summed E-state index contributed by atoms with van der Waals surface area (Å²) >= 11 is 9.38. The maximum Gasteiger partial charge on any atom is 0.243 e. The SMILES string of the molecule is CN(Cc1ccccc1Br)C(=O)CN(c1cccc(Cl)c1)S(C)(=O)=O. The molecule has 134 valence electrons. The highest BCUT2D eigenvalue weighted by atomic mass is 79.9. The number of sulfonamides is 1. The normalized spacial score (nSPS) is 11.2. The molecule has 2 aromatic carbocycles. The number of hydrogen-bond donors (Lipinski definition) is 0. The molecule has 8 heteroatoms. The number of carbonyl (C=O) groups is 1. The average molecular weight is 446 g/mol. The van der Waals surface area contributed by atoms with Crippen LogP contribution in [0.1, 0.15) is 5.56 Å². The minimum absolute atomic E-state index is 0.292. The fourth-order valence-electron chi connectivity index (χ4n) is 2.25. The van der Waals surface area contributed by atoms with Crippen molar-refractivity contribution < 1.29 is 13.2 Å². The Morgan fingerprint density at radius 1 is 1.16 bits per heavy atom. The molecule has 5 nitrogen and oxygen atoms in total. The summed E-state index contributed by atoms with van der Waals surface area (Å²) in [5.41, 5.74) is 1.30. The van der Waals surface area contributed by atoms with Crippen LogP contribution in [0.4, 0.5) is 5.69 Å². The monoisotopic (exact) mass is 444 g/mol. The third kappa shape index (κ3) is 5.45. The lowest BCUT2D eigenvalue weighted by Crippen LogP contribution is -2.41. The van der Waals surface area contributed by atoms with Gasteiger partial charge in [0.15, 0.2) is 0 Å². The number of amides is 1. The molecule has 0 N–H and O–H groups in total. The van der Waals surface area contributed by atoms with Gasteiger partial charge in [0.1, 0.15) is 6.54 Å². The Hall–Kier alpha value is -1.57. The second-order valence-electron chi connectivity index (χ2n) is 5.59. The lowest BCUT2D eigenvalue weighted by Gasteiger charge is -2.25. The highest BCUT2D eigenvalue weighted by molar-refractivity contribution is 9.10. The first-order chi connectivity index (χ1) is 11.7. The van der Waals surface area contributed by atoms with Gasteiger partial charge in [0.2, 0.25) is 15.9 Å². The van der Waals surface area contributed by atoms with E-state index in [1.165, 1.54) is 11.0 Å². The fraction of sp³-hybridized carbons (Fsp3) is 0.235. The van der Waals surface area contributed by atoms with Crippen molar-refractivity contribution in [3.8, 4) is 0 Å². The molecule has 0 aliphatic carbocycles. The van der Waals surface area contributed by atoms with E-state index in [9.17, 15) is 13.2 Å². The second kappa shape index (κ2) is 8.21. The van der Waals surface area contributed by atoms with Gasteiger partial charge >= 0.3 is 0 Å². The van der Waals surface area contributed by atoms with Crippen LogP contribution in [0.5, 0.6) is 0 Å². The van der Waals surface area contributed by atoms with Gasteiger partial charge in [0.05, 0.1) is 11.9 Å². The van der Waals surface area contributed by atoms with E-state index in [1.807, 2.05) is 24.3 Å². The van der Waals surface area contributed by atoms with E-state index in [2.05, 4.69) is 15.9 Å². The number of halogens is 2. The lowest BCUT2D eigenvalue weighted by molar-refractivity contribution is -0.128. The molecule has 0 atom stereocenters.